The highest BCUT2D eigenvalue weighted by Crippen LogP contribution is 2.25. The van der Waals surface area contributed by atoms with Crippen LogP contribution in [-0.4, -0.2) is 25.4 Å². The maximum absolute atomic E-state index is 6.14. The van der Waals surface area contributed by atoms with E-state index in [4.69, 9.17) is 4.74 Å². The number of nitrogens with zero attached hydrogens (tertiary/aromatic N) is 1. The topological polar surface area (TPSA) is 14.2 Å². The maximum Gasteiger partial charge on any atom is 0.119 e. The van der Waals surface area contributed by atoms with Gasteiger partial charge < -0.3 is 9.30 Å². The molecule has 0 saturated heterocycles. The lowest BCUT2D eigenvalue weighted by Crippen LogP contribution is -2.49. The Kier molecular flexibility index (Phi) is 6.38. The van der Waals surface area contributed by atoms with Crippen molar-refractivity contribution >= 4 is 30.7 Å². The molecule has 1 aromatic heterocycles. The molecule has 2 aromatic rings. The minimum Gasteiger partial charge on any atom is -0.361 e. The van der Waals surface area contributed by atoms with E-state index in [2.05, 4.69) is 75.3 Å². The molecule has 0 atom stereocenters. The highest BCUT2D eigenvalue weighted by Gasteiger charge is 2.25. The van der Waals surface area contributed by atoms with Gasteiger partial charge in [-0.1, -0.05) is 64.7 Å². The third-order valence-corrected chi connectivity index (χ3v) is 7.74. The molecule has 0 aliphatic heterocycles. The largest absolute Gasteiger partial charge is 0.361 e. The van der Waals surface area contributed by atoms with Crippen LogP contribution in [0.3, 0.4) is 0 Å². The van der Waals surface area contributed by atoms with Crippen LogP contribution in [0.2, 0.25) is 44.6 Å². The number of para-hydroxylation sites is 1. The van der Waals surface area contributed by atoms with E-state index in [1.165, 1.54) is 41.5 Å². The second-order valence-electron chi connectivity index (χ2n) is 8.61. The molecule has 0 N–H and O–H groups in total. The predicted octanol–water partition coefficient (Wildman–Crippen LogP) is 5.67. The van der Waals surface area contributed by atoms with Crippen molar-refractivity contribution in [1.29, 1.82) is 0 Å². The fourth-order valence-corrected chi connectivity index (χ4v) is 4.67. The van der Waals surface area contributed by atoms with Crippen molar-refractivity contribution in [3.05, 3.63) is 30.3 Å². The minimum absolute atomic E-state index is 0.504. The molecule has 134 valence electrons. The smallest absolute Gasteiger partial charge is 0.119 e. The Labute approximate surface area is 149 Å². The Morgan fingerprint density at radius 3 is 2.21 bits per heavy atom. The summed E-state index contributed by atoms with van der Waals surface area (Å²) in [6.07, 6.45) is 3.20. The van der Waals surface area contributed by atoms with E-state index in [0.29, 0.717) is 6.73 Å². The van der Waals surface area contributed by atoms with Gasteiger partial charge in [-0.25, -0.2) is 0 Å². The SMILES string of the molecule is CC[B-](CC)(CC)c1cc2ccccc2n1COCC[Si](C)(C)C. The molecule has 0 saturated carbocycles. The fraction of sp³-hybridized carbons (Fsp3) is 0.600. The summed E-state index contributed by atoms with van der Waals surface area (Å²) < 4.78 is 8.59. The number of rotatable bonds is 9. The van der Waals surface area contributed by atoms with Gasteiger partial charge in [0.1, 0.15) is 6.73 Å². The number of fused-ring (bicyclic) bond motifs is 1. The van der Waals surface area contributed by atoms with E-state index in [1.54, 1.807) is 0 Å². The molecular weight excluding hydrogens is 309 g/mol. The van der Waals surface area contributed by atoms with Gasteiger partial charge in [-0.2, -0.15) is 19.0 Å². The minimum atomic E-state index is -1.03. The van der Waals surface area contributed by atoms with Crippen molar-refractivity contribution in [2.45, 2.75) is 72.1 Å². The van der Waals surface area contributed by atoms with Crippen molar-refractivity contribution in [2.24, 2.45) is 0 Å². The fourth-order valence-electron chi connectivity index (χ4n) is 3.91. The van der Waals surface area contributed by atoms with E-state index in [9.17, 15) is 0 Å². The first kappa shape index (κ1) is 19.3. The van der Waals surface area contributed by atoms with Crippen LogP contribution in [0.1, 0.15) is 20.8 Å². The molecule has 0 radical (unpaired) electrons. The Morgan fingerprint density at radius 1 is 1.00 bits per heavy atom. The summed E-state index contributed by atoms with van der Waals surface area (Å²) in [4.78, 5) is 0. The summed E-state index contributed by atoms with van der Waals surface area (Å²) in [5.74, 6) is 0. The second-order valence-corrected chi connectivity index (χ2v) is 14.2. The van der Waals surface area contributed by atoms with Gasteiger partial charge in [-0.15, -0.1) is 5.59 Å². The molecule has 2 nitrogen and oxygen atoms in total. The van der Waals surface area contributed by atoms with Gasteiger partial charge in [0, 0.05) is 26.3 Å². The van der Waals surface area contributed by atoms with Gasteiger partial charge >= 0.3 is 0 Å². The monoisotopic (exact) mass is 344 g/mol. The van der Waals surface area contributed by atoms with Crippen molar-refractivity contribution < 1.29 is 4.74 Å². The Bertz CT molecular complexity index is 647. The van der Waals surface area contributed by atoms with Crippen LogP contribution in [0.4, 0.5) is 0 Å². The molecular formula is C20H35BNOSi-. The molecule has 0 unspecified atom stereocenters. The van der Waals surface area contributed by atoms with Gasteiger partial charge in [0.2, 0.25) is 0 Å². The third-order valence-electron chi connectivity index (χ3n) is 6.03. The van der Waals surface area contributed by atoms with Crippen LogP contribution in [-0.2, 0) is 11.5 Å². The highest BCUT2D eigenvalue weighted by molar-refractivity contribution is 6.91. The van der Waals surface area contributed by atoms with Crippen molar-refractivity contribution in [1.82, 2.24) is 4.57 Å². The first-order chi connectivity index (χ1) is 11.4. The maximum atomic E-state index is 6.14. The molecule has 0 amide bonds. The van der Waals surface area contributed by atoms with Crippen molar-refractivity contribution in [3.8, 4) is 0 Å². The summed E-state index contributed by atoms with van der Waals surface area (Å²) >= 11 is 0. The molecule has 0 fully saturated rings. The predicted molar refractivity (Wildman–Crippen MR) is 113 cm³/mol. The average Bonchev–Trinajstić information content (AvgIpc) is 2.92. The number of aromatic nitrogens is 1. The molecule has 0 aliphatic rings. The first-order valence-corrected chi connectivity index (χ1v) is 13.4. The highest BCUT2D eigenvalue weighted by atomic mass is 28.3. The second kappa shape index (κ2) is 7.92. The molecule has 2 rings (SSSR count). The Hall–Kier alpha value is -0.998. The molecule has 1 aromatic carbocycles. The van der Waals surface area contributed by atoms with Crippen LogP contribution >= 0.6 is 0 Å². The van der Waals surface area contributed by atoms with E-state index in [0.717, 1.165) is 6.61 Å². The summed E-state index contributed by atoms with van der Waals surface area (Å²) in [6.45, 7) is 15.8. The van der Waals surface area contributed by atoms with Crippen LogP contribution in [0.25, 0.3) is 10.9 Å². The lowest BCUT2D eigenvalue weighted by Gasteiger charge is -2.38. The molecule has 1 heterocycles. The lowest BCUT2D eigenvalue weighted by atomic mass is 9.19. The van der Waals surface area contributed by atoms with Gasteiger partial charge in [-0.3, -0.25) is 0 Å². The van der Waals surface area contributed by atoms with E-state index < -0.39 is 14.2 Å². The Morgan fingerprint density at radius 2 is 1.62 bits per heavy atom. The van der Waals surface area contributed by atoms with Crippen molar-refractivity contribution in [2.75, 3.05) is 6.61 Å². The van der Waals surface area contributed by atoms with Gasteiger partial charge in [-0.05, 0) is 17.5 Å². The summed E-state index contributed by atoms with van der Waals surface area (Å²) in [7, 11) is -1.03. The number of hydrogen-bond donors (Lipinski definition) is 0. The molecule has 0 bridgehead atoms. The van der Waals surface area contributed by atoms with Crippen LogP contribution < -0.4 is 5.59 Å². The van der Waals surface area contributed by atoms with Gasteiger partial charge in [0.15, 0.2) is 0 Å². The van der Waals surface area contributed by atoms with E-state index >= 15 is 0 Å². The quantitative estimate of drug-likeness (QED) is 0.422. The van der Waals surface area contributed by atoms with Gasteiger partial charge in [0.25, 0.3) is 0 Å². The zero-order valence-electron chi connectivity index (χ0n) is 16.6. The van der Waals surface area contributed by atoms with E-state index in [1.807, 2.05) is 0 Å². The van der Waals surface area contributed by atoms with Crippen molar-refractivity contribution in [3.63, 3.8) is 0 Å². The standard InChI is InChI=1S/C20H35BNOSi/c1-7-21(8-2,9-3)20-16-18-12-10-11-13-19(18)22(20)17-23-14-15-24(4,5)6/h10-13,16H,7-9,14-15,17H2,1-6H3/q-1. The summed E-state index contributed by atoms with van der Waals surface area (Å²) in [5, 5.41) is 1.35. The number of hydrogen-bond acceptors (Lipinski definition) is 1. The molecule has 4 heteroatoms. The lowest BCUT2D eigenvalue weighted by molar-refractivity contribution is 0.0919. The average molecular weight is 344 g/mol. The molecule has 24 heavy (non-hydrogen) atoms. The zero-order valence-corrected chi connectivity index (χ0v) is 17.6. The zero-order chi connectivity index (χ0) is 17.8. The number of ether oxygens (including phenoxy) is 1. The molecule has 0 spiro atoms. The molecule has 0 aliphatic carbocycles. The third kappa shape index (κ3) is 4.15. The van der Waals surface area contributed by atoms with Gasteiger partial charge in [0.05, 0.1) is 0 Å². The number of benzene rings is 1. The summed E-state index contributed by atoms with van der Waals surface area (Å²) in [6, 6.07) is 12.4. The first-order valence-electron chi connectivity index (χ1n) is 9.73. The van der Waals surface area contributed by atoms with Crippen LogP contribution in [0.5, 0.6) is 0 Å². The van der Waals surface area contributed by atoms with Crippen LogP contribution in [0.15, 0.2) is 30.3 Å². The summed E-state index contributed by atoms with van der Waals surface area (Å²) in [5.41, 5.74) is 2.83. The van der Waals surface area contributed by atoms with E-state index in [-0.39, 0.29) is 0 Å². The van der Waals surface area contributed by atoms with Crippen LogP contribution in [0, 0.1) is 0 Å². The Balaban J connectivity index is 2.33. The normalized spacial score (nSPS) is 12.9.